The van der Waals surface area contributed by atoms with Crippen LogP contribution in [0.3, 0.4) is 0 Å². The molecule has 0 amide bonds. The Labute approximate surface area is 77.7 Å². The van der Waals surface area contributed by atoms with E-state index in [2.05, 4.69) is 20.4 Å². The quantitative estimate of drug-likeness (QED) is 0.650. The molecule has 0 saturated carbocycles. The van der Waals surface area contributed by atoms with Crippen molar-refractivity contribution in [2.24, 2.45) is 7.05 Å². The van der Waals surface area contributed by atoms with Crippen LogP contribution < -0.4 is 0 Å². The molecule has 5 heteroatoms. The van der Waals surface area contributed by atoms with Crippen LogP contribution in [0.5, 0.6) is 0 Å². The van der Waals surface area contributed by atoms with E-state index in [1.807, 2.05) is 7.05 Å². The van der Waals surface area contributed by atoms with Crippen molar-refractivity contribution >= 4 is 0 Å². The van der Waals surface area contributed by atoms with Gasteiger partial charge in [0.25, 0.3) is 0 Å². The lowest BCUT2D eigenvalue weighted by Crippen LogP contribution is -2.23. The van der Waals surface area contributed by atoms with Crippen LogP contribution in [-0.4, -0.2) is 44.7 Å². The maximum Gasteiger partial charge on any atom is 0.152 e. The standard InChI is InChI=1S/C8H15N5/c1-12-8(9-10-11-12)4-7-13-5-2-3-6-13/h2-7H2,1H3. The highest BCUT2D eigenvalue weighted by Crippen LogP contribution is 2.07. The summed E-state index contributed by atoms with van der Waals surface area (Å²) in [6.45, 7) is 3.57. The van der Waals surface area contributed by atoms with Gasteiger partial charge in [0, 0.05) is 20.0 Å². The highest BCUT2D eigenvalue weighted by molar-refractivity contribution is 4.81. The molecule has 1 aromatic rings. The number of likely N-dealkylation sites (tertiary alicyclic amines) is 1. The zero-order valence-electron chi connectivity index (χ0n) is 7.98. The molecule has 0 radical (unpaired) electrons. The maximum absolute atomic E-state index is 3.95. The number of tetrazole rings is 1. The summed E-state index contributed by atoms with van der Waals surface area (Å²) >= 11 is 0. The van der Waals surface area contributed by atoms with Gasteiger partial charge in [-0.2, -0.15) is 0 Å². The van der Waals surface area contributed by atoms with Crippen LogP contribution in [-0.2, 0) is 13.5 Å². The Bertz CT molecular complexity index is 263. The van der Waals surface area contributed by atoms with Crippen LogP contribution >= 0.6 is 0 Å². The Kier molecular flexibility index (Phi) is 2.54. The molecule has 2 heterocycles. The minimum atomic E-state index is 0.962. The van der Waals surface area contributed by atoms with E-state index in [1.165, 1.54) is 25.9 Å². The normalized spacial score (nSPS) is 18.2. The average molecular weight is 181 g/mol. The van der Waals surface area contributed by atoms with E-state index in [0.717, 1.165) is 18.8 Å². The maximum atomic E-state index is 3.95. The Hall–Kier alpha value is -0.970. The van der Waals surface area contributed by atoms with Crippen LogP contribution in [0.2, 0.25) is 0 Å². The summed E-state index contributed by atoms with van der Waals surface area (Å²) in [6, 6.07) is 0. The average Bonchev–Trinajstić information content (AvgIpc) is 2.72. The third kappa shape index (κ3) is 2.03. The van der Waals surface area contributed by atoms with Crippen molar-refractivity contribution in [3.63, 3.8) is 0 Å². The van der Waals surface area contributed by atoms with Crippen molar-refractivity contribution in [2.45, 2.75) is 19.3 Å². The number of nitrogens with zero attached hydrogens (tertiary/aromatic N) is 5. The van der Waals surface area contributed by atoms with Crippen LogP contribution in [0.4, 0.5) is 0 Å². The van der Waals surface area contributed by atoms with E-state index in [0.29, 0.717) is 0 Å². The van der Waals surface area contributed by atoms with Gasteiger partial charge < -0.3 is 4.90 Å². The first-order valence-electron chi connectivity index (χ1n) is 4.80. The molecule has 13 heavy (non-hydrogen) atoms. The molecule has 0 spiro atoms. The van der Waals surface area contributed by atoms with Gasteiger partial charge >= 0.3 is 0 Å². The summed E-state index contributed by atoms with van der Waals surface area (Å²) in [5.41, 5.74) is 0. The van der Waals surface area contributed by atoms with Crippen LogP contribution in [0.25, 0.3) is 0 Å². The number of rotatable bonds is 3. The fourth-order valence-corrected chi connectivity index (χ4v) is 1.72. The predicted molar refractivity (Wildman–Crippen MR) is 48.2 cm³/mol. The number of hydrogen-bond acceptors (Lipinski definition) is 4. The van der Waals surface area contributed by atoms with E-state index < -0.39 is 0 Å². The number of aromatic nitrogens is 4. The topological polar surface area (TPSA) is 46.8 Å². The Balaban J connectivity index is 1.82. The third-order valence-corrected chi connectivity index (χ3v) is 2.56. The molecular formula is C8H15N5. The summed E-state index contributed by atoms with van der Waals surface area (Å²) in [7, 11) is 1.89. The smallest absolute Gasteiger partial charge is 0.152 e. The van der Waals surface area contributed by atoms with Gasteiger partial charge in [-0.25, -0.2) is 4.68 Å². The molecule has 5 nitrogen and oxygen atoms in total. The molecule has 0 bridgehead atoms. The first kappa shape index (κ1) is 8.62. The van der Waals surface area contributed by atoms with Crippen molar-refractivity contribution in [3.05, 3.63) is 5.82 Å². The van der Waals surface area contributed by atoms with Gasteiger partial charge in [0.2, 0.25) is 0 Å². The monoisotopic (exact) mass is 181 g/mol. The molecule has 1 fully saturated rings. The van der Waals surface area contributed by atoms with Crippen molar-refractivity contribution < 1.29 is 0 Å². The molecule has 2 rings (SSSR count). The first-order chi connectivity index (χ1) is 6.36. The van der Waals surface area contributed by atoms with Gasteiger partial charge in [0.15, 0.2) is 5.82 Å². The minimum Gasteiger partial charge on any atom is -0.303 e. The fourth-order valence-electron chi connectivity index (χ4n) is 1.72. The van der Waals surface area contributed by atoms with E-state index in [9.17, 15) is 0 Å². The SMILES string of the molecule is Cn1nnnc1CCN1CCCC1. The molecule has 1 aliphatic rings. The molecule has 72 valence electrons. The molecule has 0 atom stereocenters. The van der Waals surface area contributed by atoms with Gasteiger partial charge in [0.05, 0.1) is 0 Å². The van der Waals surface area contributed by atoms with Gasteiger partial charge in [-0.05, 0) is 36.4 Å². The second kappa shape index (κ2) is 3.83. The van der Waals surface area contributed by atoms with Crippen molar-refractivity contribution in [3.8, 4) is 0 Å². The van der Waals surface area contributed by atoms with E-state index in [4.69, 9.17) is 0 Å². The molecule has 1 aliphatic heterocycles. The zero-order chi connectivity index (χ0) is 9.10. The van der Waals surface area contributed by atoms with E-state index >= 15 is 0 Å². The highest BCUT2D eigenvalue weighted by Gasteiger charge is 2.12. The molecule has 1 aromatic heterocycles. The second-order valence-electron chi connectivity index (χ2n) is 3.52. The van der Waals surface area contributed by atoms with Crippen molar-refractivity contribution in [1.82, 2.24) is 25.1 Å². The lowest BCUT2D eigenvalue weighted by Gasteiger charge is -2.12. The molecular weight excluding hydrogens is 166 g/mol. The molecule has 0 aliphatic carbocycles. The molecule has 0 unspecified atom stereocenters. The fraction of sp³-hybridized carbons (Fsp3) is 0.875. The van der Waals surface area contributed by atoms with Crippen LogP contribution in [0.15, 0.2) is 0 Å². The second-order valence-corrected chi connectivity index (χ2v) is 3.52. The third-order valence-electron chi connectivity index (χ3n) is 2.56. The molecule has 0 N–H and O–H groups in total. The van der Waals surface area contributed by atoms with Crippen molar-refractivity contribution in [2.75, 3.05) is 19.6 Å². The first-order valence-corrected chi connectivity index (χ1v) is 4.80. The van der Waals surface area contributed by atoms with Crippen molar-refractivity contribution in [1.29, 1.82) is 0 Å². The van der Waals surface area contributed by atoms with Gasteiger partial charge in [-0.3, -0.25) is 0 Å². The lowest BCUT2D eigenvalue weighted by atomic mass is 10.4. The number of hydrogen-bond donors (Lipinski definition) is 0. The zero-order valence-corrected chi connectivity index (χ0v) is 7.98. The van der Waals surface area contributed by atoms with Gasteiger partial charge in [-0.15, -0.1) is 5.10 Å². The summed E-state index contributed by atoms with van der Waals surface area (Å²) < 4.78 is 1.75. The highest BCUT2D eigenvalue weighted by atomic mass is 15.5. The molecule has 1 saturated heterocycles. The van der Waals surface area contributed by atoms with E-state index in [1.54, 1.807) is 4.68 Å². The Morgan fingerprint density at radius 3 is 2.69 bits per heavy atom. The predicted octanol–water partition coefficient (Wildman–Crippen LogP) is -0.152. The van der Waals surface area contributed by atoms with Crippen LogP contribution in [0.1, 0.15) is 18.7 Å². The largest absolute Gasteiger partial charge is 0.303 e. The summed E-state index contributed by atoms with van der Waals surface area (Å²) in [4.78, 5) is 2.47. The lowest BCUT2D eigenvalue weighted by molar-refractivity contribution is 0.339. The minimum absolute atomic E-state index is 0.962. The summed E-state index contributed by atoms with van der Waals surface area (Å²) in [5, 5.41) is 11.4. The molecule has 0 aromatic carbocycles. The number of aryl methyl sites for hydroxylation is 1. The summed E-state index contributed by atoms with van der Waals surface area (Å²) in [6.07, 6.45) is 3.65. The Morgan fingerprint density at radius 1 is 1.31 bits per heavy atom. The van der Waals surface area contributed by atoms with Gasteiger partial charge in [-0.1, -0.05) is 0 Å². The van der Waals surface area contributed by atoms with Crippen LogP contribution in [0, 0.1) is 0 Å². The Morgan fingerprint density at radius 2 is 2.08 bits per heavy atom. The van der Waals surface area contributed by atoms with Gasteiger partial charge in [0.1, 0.15) is 0 Å². The van der Waals surface area contributed by atoms with E-state index in [-0.39, 0.29) is 0 Å². The summed E-state index contributed by atoms with van der Waals surface area (Å²) in [5.74, 6) is 0.979.